The van der Waals surface area contributed by atoms with E-state index in [1.807, 2.05) is 0 Å². The molecule has 0 unspecified atom stereocenters. The van der Waals surface area contributed by atoms with Crippen molar-refractivity contribution in [1.29, 1.82) is 0 Å². The van der Waals surface area contributed by atoms with Crippen molar-refractivity contribution in [2.45, 2.75) is 0 Å². The van der Waals surface area contributed by atoms with E-state index in [4.69, 9.17) is 0 Å². The number of benzene rings is 1. The van der Waals surface area contributed by atoms with Gasteiger partial charge in [-0.15, -0.1) is 0 Å². The largest absolute Gasteiger partial charge is 0.453 e. The quantitative estimate of drug-likeness (QED) is 0.761. The Morgan fingerprint density at radius 2 is 1.71 bits per heavy atom. The van der Waals surface area contributed by atoms with Gasteiger partial charge in [-0.05, 0) is 24.3 Å². The Labute approximate surface area is 123 Å². The van der Waals surface area contributed by atoms with Gasteiger partial charge in [0.15, 0.2) is 0 Å². The molecule has 21 heavy (non-hydrogen) atoms. The van der Waals surface area contributed by atoms with Gasteiger partial charge in [0.2, 0.25) is 5.91 Å². The predicted molar refractivity (Wildman–Crippen MR) is 80.4 cm³/mol. The summed E-state index contributed by atoms with van der Waals surface area (Å²) >= 11 is 0. The standard InChI is InChI=1S/C14H20N4O3/c1-21-14(20)17-12-4-2-11(3-5-12)16-13(19)10-18-8-6-15-7-9-18/h2-5,15H,6-10H2,1H3,(H,16,19)(H,17,20). The number of anilines is 2. The van der Waals surface area contributed by atoms with Crippen LogP contribution in [0.25, 0.3) is 0 Å². The van der Waals surface area contributed by atoms with Crippen molar-refractivity contribution in [3.63, 3.8) is 0 Å². The molecule has 1 aliphatic rings. The molecule has 0 aromatic heterocycles. The number of nitrogens with zero attached hydrogens (tertiary/aromatic N) is 1. The van der Waals surface area contributed by atoms with Crippen LogP contribution in [0.1, 0.15) is 0 Å². The molecule has 2 rings (SSSR count). The van der Waals surface area contributed by atoms with E-state index in [0.717, 1.165) is 26.2 Å². The number of hydrogen-bond donors (Lipinski definition) is 3. The second-order valence-electron chi connectivity index (χ2n) is 4.77. The third-order valence-electron chi connectivity index (χ3n) is 3.18. The lowest BCUT2D eigenvalue weighted by Crippen LogP contribution is -2.46. The van der Waals surface area contributed by atoms with Gasteiger partial charge in [0, 0.05) is 37.6 Å². The SMILES string of the molecule is COC(=O)Nc1ccc(NC(=O)CN2CCNCC2)cc1. The molecule has 1 fully saturated rings. The fraction of sp³-hybridized carbons (Fsp3) is 0.429. The Morgan fingerprint density at radius 3 is 2.29 bits per heavy atom. The van der Waals surface area contributed by atoms with E-state index in [9.17, 15) is 9.59 Å². The normalized spacial score (nSPS) is 15.3. The van der Waals surface area contributed by atoms with Crippen LogP contribution in [-0.4, -0.2) is 56.7 Å². The highest BCUT2D eigenvalue weighted by Crippen LogP contribution is 2.13. The molecule has 114 valence electrons. The molecule has 1 aromatic rings. The van der Waals surface area contributed by atoms with Crippen molar-refractivity contribution in [3.05, 3.63) is 24.3 Å². The van der Waals surface area contributed by atoms with Crippen LogP contribution in [0, 0.1) is 0 Å². The molecule has 0 bridgehead atoms. The summed E-state index contributed by atoms with van der Waals surface area (Å²) in [6, 6.07) is 6.89. The molecule has 1 aliphatic heterocycles. The van der Waals surface area contributed by atoms with Crippen molar-refractivity contribution < 1.29 is 14.3 Å². The first kappa shape index (κ1) is 15.3. The monoisotopic (exact) mass is 292 g/mol. The first-order valence-corrected chi connectivity index (χ1v) is 6.85. The van der Waals surface area contributed by atoms with Crippen LogP contribution < -0.4 is 16.0 Å². The number of carbonyl (C=O) groups is 2. The van der Waals surface area contributed by atoms with Gasteiger partial charge in [-0.25, -0.2) is 4.79 Å². The third-order valence-corrected chi connectivity index (χ3v) is 3.18. The maximum Gasteiger partial charge on any atom is 0.411 e. The molecule has 1 aromatic carbocycles. The maximum absolute atomic E-state index is 11.9. The summed E-state index contributed by atoms with van der Waals surface area (Å²) in [4.78, 5) is 25.1. The molecule has 3 N–H and O–H groups in total. The van der Waals surface area contributed by atoms with Gasteiger partial charge in [0.25, 0.3) is 0 Å². The Morgan fingerprint density at radius 1 is 1.14 bits per heavy atom. The molecular weight excluding hydrogens is 272 g/mol. The van der Waals surface area contributed by atoms with Gasteiger partial charge < -0.3 is 15.4 Å². The summed E-state index contributed by atoms with van der Waals surface area (Å²) in [6.07, 6.45) is -0.523. The summed E-state index contributed by atoms with van der Waals surface area (Å²) in [7, 11) is 1.31. The Kier molecular flexibility index (Phi) is 5.53. The number of hydrogen-bond acceptors (Lipinski definition) is 5. The minimum absolute atomic E-state index is 0.0365. The van der Waals surface area contributed by atoms with Crippen LogP contribution in [0.5, 0.6) is 0 Å². The van der Waals surface area contributed by atoms with E-state index < -0.39 is 6.09 Å². The number of ether oxygens (including phenoxy) is 1. The van der Waals surface area contributed by atoms with Crippen molar-refractivity contribution in [2.24, 2.45) is 0 Å². The first-order valence-electron chi connectivity index (χ1n) is 6.85. The molecule has 0 aliphatic carbocycles. The molecule has 2 amide bonds. The van der Waals surface area contributed by atoms with Crippen LogP contribution in [0.3, 0.4) is 0 Å². The summed E-state index contributed by atoms with van der Waals surface area (Å²) in [6.45, 7) is 4.00. The molecule has 7 heteroatoms. The number of nitrogens with one attached hydrogen (secondary N) is 3. The first-order chi connectivity index (χ1) is 10.2. The Balaban J connectivity index is 1.81. The van der Waals surface area contributed by atoms with Crippen LogP contribution in [0.2, 0.25) is 0 Å². The fourth-order valence-corrected chi connectivity index (χ4v) is 2.08. The second-order valence-corrected chi connectivity index (χ2v) is 4.77. The van der Waals surface area contributed by atoms with Gasteiger partial charge in [-0.1, -0.05) is 0 Å². The zero-order valence-electron chi connectivity index (χ0n) is 12.0. The third kappa shape index (κ3) is 5.05. The fourth-order valence-electron chi connectivity index (χ4n) is 2.08. The van der Waals surface area contributed by atoms with Gasteiger partial charge >= 0.3 is 6.09 Å². The van der Waals surface area contributed by atoms with E-state index in [-0.39, 0.29) is 5.91 Å². The molecule has 1 saturated heterocycles. The van der Waals surface area contributed by atoms with Gasteiger partial charge in [-0.2, -0.15) is 0 Å². The number of rotatable bonds is 4. The average Bonchev–Trinajstić information content (AvgIpc) is 2.50. The molecule has 0 atom stereocenters. The van der Waals surface area contributed by atoms with Gasteiger partial charge in [0.05, 0.1) is 13.7 Å². The lowest BCUT2D eigenvalue weighted by atomic mass is 10.2. The average molecular weight is 292 g/mol. The zero-order chi connectivity index (χ0) is 15.1. The highest BCUT2D eigenvalue weighted by atomic mass is 16.5. The maximum atomic E-state index is 11.9. The second kappa shape index (κ2) is 7.61. The van der Waals surface area contributed by atoms with Gasteiger partial charge in [0.1, 0.15) is 0 Å². The lowest BCUT2D eigenvalue weighted by molar-refractivity contribution is -0.117. The summed E-state index contributed by atoms with van der Waals surface area (Å²) in [5.41, 5.74) is 1.31. The van der Waals surface area contributed by atoms with Crippen LogP contribution in [-0.2, 0) is 9.53 Å². The highest BCUT2D eigenvalue weighted by Gasteiger charge is 2.13. The van der Waals surface area contributed by atoms with Crippen molar-refractivity contribution in [2.75, 3.05) is 50.5 Å². The van der Waals surface area contributed by atoms with Crippen LogP contribution in [0.4, 0.5) is 16.2 Å². The zero-order valence-corrected chi connectivity index (χ0v) is 12.0. The highest BCUT2D eigenvalue weighted by molar-refractivity contribution is 5.92. The summed E-state index contributed by atoms with van der Waals surface area (Å²) < 4.78 is 4.50. The van der Waals surface area contributed by atoms with Crippen molar-refractivity contribution in [3.8, 4) is 0 Å². The lowest BCUT2D eigenvalue weighted by Gasteiger charge is -2.26. The van der Waals surface area contributed by atoms with E-state index >= 15 is 0 Å². The van der Waals surface area contributed by atoms with Crippen LogP contribution in [0.15, 0.2) is 24.3 Å². The van der Waals surface area contributed by atoms with E-state index in [1.165, 1.54) is 7.11 Å². The molecule has 0 spiro atoms. The molecule has 1 heterocycles. The smallest absolute Gasteiger partial charge is 0.411 e. The Bertz CT molecular complexity index is 483. The summed E-state index contributed by atoms with van der Waals surface area (Å²) in [5.74, 6) is -0.0365. The topological polar surface area (TPSA) is 82.7 Å². The molecule has 0 radical (unpaired) electrons. The van der Waals surface area contributed by atoms with Crippen LogP contribution >= 0.6 is 0 Å². The number of piperazine rings is 1. The van der Waals surface area contributed by atoms with Gasteiger partial charge in [-0.3, -0.25) is 15.0 Å². The summed E-state index contributed by atoms with van der Waals surface area (Å²) in [5, 5.41) is 8.63. The predicted octanol–water partition coefficient (Wildman–Crippen LogP) is 0.709. The minimum atomic E-state index is -0.523. The molecular formula is C14H20N4O3. The Hall–Kier alpha value is -2.12. The van der Waals surface area contributed by atoms with E-state index in [0.29, 0.717) is 17.9 Å². The molecule has 0 saturated carbocycles. The molecule has 7 nitrogen and oxygen atoms in total. The van der Waals surface area contributed by atoms with E-state index in [2.05, 4.69) is 25.6 Å². The minimum Gasteiger partial charge on any atom is -0.453 e. The van der Waals surface area contributed by atoms with E-state index in [1.54, 1.807) is 24.3 Å². The van der Waals surface area contributed by atoms with Crippen molar-refractivity contribution in [1.82, 2.24) is 10.2 Å². The number of carbonyl (C=O) groups excluding carboxylic acids is 2. The number of amides is 2. The van der Waals surface area contributed by atoms with Crippen molar-refractivity contribution >= 4 is 23.4 Å². The number of methoxy groups -OCH3 is 1.